The van der Waals surface area contributed by atoms with E-state index in [9.17, 15) is 4.89 Å². The molecule has 1 N–H and O–H groups in total. The average Bonchev–Trinajstić information content (AvgIpc) is 2.93. The van der Waals surface area contributed by atoms with Gasteiger partial charge >= 0.3 is 8.60 Å². The number of rotatable bonds is 10. The van der Waals surface area contributed by atoms with Crippen molar-refractivity contribution in [2.24, 2.45) is 0 Å². The fourth-order valence-corrected chi connectivity index (χ4v) is 5.47. The molecule has 5 heteroatoms. The lowest BCUT2D eigenvalue weighted by molar-refractivity contribution is 0.379. The molecule has 0 heterocycles. The standard InChI is InChI=1S/C33H30O3P2/c34-38(36-33-19-17-31(37)24-30(33)22-27-14-8-3-9-15-27)35-32-18-16-28(20-25-10-4-1-5-11-25)23-29(32)21-26-12-6-2-7-13-26/h1-19,23-24,34H,20-22,37H2. The summed E-state index contributed by atoms with van der Waals surface area (Å²) in [5.41, 5.74) is 6.81. The van der Waals surface area contributed by atoms with Gasteiger partial charge in [0.15, 0.2) is 0 Å². The van der Waals surface area contributed by atoms with Crippen molar-refractivity contribution in [1.82, 2.24) is 0 Å². The van der Waals surface area contributed by atoms with E-state index in [2.05, 4.69) is 76.0 Å². The van der Waals surface area contributed by atoms with Crippen molar-refractivity contribution in [2.45, 2.75) is 19.3 Å². The van der Waals surface area contributed by atoms with Gasteiger partial charge < -0.3 is 13.9 Å². The lowest BCUT2D eigenvalue weighted by atomic mass is 9.98. The van der Waals surface area contributed by atoms with Gasteiger partial charge in [-0.25, -0.2) is 0 Å². The van der Waals surface area contributed by atoms with E-state index in [0.29, 0.717) is 24.3 Å². The Kier molecular flexibility index (Phi) is 8.84. The van der Waals surface area contributed by atoms with Crippen molar-refractivity contribution in [3.05, 3.63) is 161 Å². The Bertz CT molecular complexity index is 1460. The van der Waals surface area contributed by atoms with Crippen LogP contribution in [0.5, 0.6) is 11.5 Å². The number of benzene rings is 5. The Balaban J connectivity index is 1.36. The minimum Gasteiger partial charge on any atom is -0.418 e. The molecule has 5 rings (SSSR count). The molecule has 0 fully saturated rings. The molecule has 0 aliphatic rings. The molecule has 0 aromatic heterocycles. The quantitative estimate of drug-likeness (QED) is 0.187. The molecule has 5 aromatic rings. The van der Waals surface area contributed by atoms with Gasteiger partial charge in [-0.1, -0.05) is 109 Å². The van der Waals surface area contributed by atoms with E-state index in [1.54, 1.807) is 0 Å². The van der Waals surface area contributed by atoms with Crippen LogP contribution >= 0.6 is 17.8 Å². The summed E-state index contributed by atoms with van der Waals surface area (Å²) >= 11 is 0. The zero-order chi connectivity index (χ0) is 26.2. The summed E-state index contributed by atoms with van der Waals surface area (Å²) in [6.07, 6.45) is 2.23. The van der Waals surface area contributed by atoms with Crippen LogP contribution in [0.3, 0.4) is 0 Å². The lowest BCUT2D eigenvalue weighted by Gasteiger charge is -2.18. The summed E-state index contributed by atoms with van der Waals surface area (Å²) in [6.45, 7) is 0. The molecule has 0 aliphatic heterocycles. The third-order valence-corrected chi connectivity index (χ3v) is 7.35. The lowest BCUT2D eigenvalue weighted by Crippen LogP contribution is -2.03. The molecule has 3 nitrogen and oxygen atoms in total. The van der Waals surface area contributed by atoms with Gasteiger partial charge in [-0.3, -0.25) is 0 Å². The Hall–Kier alpha value is -3.48. The first kappa shape index (κ1) is 26.1. The van der Waals surface area contributed by atoms with Gasteiger partial charge in [0, 0.05) is 12.8 Å². The molecule has 0 amide bonds. The van der Waals surface area contributed by atoms with Crippen LogP contribution in [0, 0.1) is 0 Å². The van der Waals surface area contributed by atoms with E-state index in [4.69, 9.17) is 9.05 Å². The highest BCUT2D eigenvalue weighted by Gasteiger charge is 2.18. The first-order chi connectivity index (χ1) is 18.6. The predicted molar refractivity (Wildman–Crippen MR) is 160 cm³/mol. The van der Waals surface area contributed by atoms with Gasteiger partial charge in [-0.05, 0) is 63.3 Å². The monoisotopic (exact) mass is 536 g/mol. The van der Waals surface area contributed by atoms with Crippen LogP contribution in [0.4, 0.5) is 0 Å². The van der Waals surface area contributed by atoms with E-state index in [0.717, 1.165) is 22.9 Å². The normalized spacial score (nSPS) is 11.6. The molecular formula is C33H30O3P2. The van der Waals surface area contributed by atoms with Crippen LogP contribution in [-0.2, 0) is 19.3 Å². The van der Waals surface area contributed by atoms with Crippen molar-refractivity contribution >= 4 is 23.1 Å². The molecule has 0 aliphatic carbocycles. The van der Waals surface area contributed by atoms with Crippen molar-refractivity contribution in [3.8, 4) is 11.5 Å². The second kappa shape index (κ2) is 12.9. The molecule has 38 heavy (non-hydrogen) atoms. The molecule has 190 valence electrons. The first-order valence-corrected chi connectivity index (χ1v) is 14.3. The molecule has 2 unspecified atom stereocenters. The Morgan fingerprint density at radius 2 is 0.947 bits per heavy atom. The van der Waals surface area contributed by atoms with Gasteiger partial charge in [0.2, 0.25) is 0 Å². The highest BCUT2D eigenvalue weighted by molar-refractivity contribution is 7.41. The molecule has 0 bridgehead atoms. The molecule has 0 radical (unpaired) electrons. The van der Waals surface area contributed by atoms with Crippen molar-refractivity contribution in [2.75, 3.05) is 0 Å². The summed E-state index contributed by atoms with van der Waals surface area (Å²) in [4.78, 5) is 10.9. The molecule has 0 saturated carbocycles. The zero-order valence-electron chi connectivity index (χ0n) is 21.0. The summed E-state index contributed by atoms with van der Waals surface area (Å²) in [5, 5.41) is 1.06. The van der Waals surface area contributed by atoms with E-state index in [1.807, 2.05) is 60.7 Å². The number of hydrogen-bond donors (Lipinski definition) is 1. The van der Waals surface area contributed by atoms with E-state index < -0.39 is 8.60 Å². The Morgan fingerprint density at radius 1 is 0.500 bits per heavy atom. The highest BCUT2D eigenvalue weighted by Crippen LogP contribution is 2.40. The second-order valence-corrected chi connectivity index (χ2v) is 10.7. The van der Waals surface area contributed by atoms with E-state index >= 15 is 0 Å². The molecule has 0 saturated heterocycles. The topological polar surface area (TPSA) is 38.7 Å². The van der Waals surface area contributed by atoms with E-state index in [-0.39, 0.29) is 0 Å². The summed E-state index contributed by atoms with van der Waals surface area (Å²) in [5.74, 6) is 1.26. The van der Waals surface area contributed by atoms with Crippen LogP contribution in [0.15, 0.2) is 127 Å². The maximum Gasteiger partial charge on any atom is 0.460 e. The smallest absolute Gasteiger partial charge is 0.418 e. The minimum absolute atomic E-state index is 0.624. The molecule has 5 aromatic carbocycles. The van der Waals surface area contributed by atoms with Crippen molar-refractivity contribution in [3.63, 3.8) is 0 Å². The third kappa shape index (κ3) is 7.30. The Morgan fingerprint density at radius 3 is 1.47 bits per heavy atom. The second-order valence-electron chi connectivity index (χ2n) is 9.22. The molecular weight excluding hydrogens is 506 g/mol. The maximum absolute atomic E-state index is 10.9. The minimum atomic E-state index is -2.19. The Labute approximate surface area is 228 Å². The van der Waals surface area contributed by atoms with Crippen LogP contribution in [0.1, 0.15) is 33.4 Å². The van der Waals surface area contributed by atoms with Crippen LogP contribution in [-0.4, -0.2) is 4.89 Å². The summed E-state index contributed by atoms with van der Waals surface area (Å²) in [7, 11) is 0.536. The van der Waals surface area contributed by atoms with Gasteiger partial charge in [-0.2, -0.15) is 0 Å². The van der Waals surface area contributed by atoms with Crippen LogP contribution < -0.4 is 14.4 Å². The zero-order valence-corrected chi connectivity index (χ0v) is 23.1. The van der Waals surface area contributed by atoms with Crippen LogP contribution in [0.2, 0.25) is 0 Å². The fourth-order valence-electron chi connectivity index (χ4n) is 4.45. The average molecular weight is 537 g/mol. The van der Waals surface area contributed by atoms with Crippen molar-refractivity contribution in [1.29, 1.82) is 0 Å². The SMILES string of the molecule is OP(Oc1ccc(P)cc1Cc1ccccc1)Oc1ccc(Cc2ccccc2)cc1Cc1ccccc1. The summed E-state index contributed by atoms with van der Waals surface area (Å²) in [6, 6.07) is 43.0. The maximum atomic E-state index is 10.9. The van der Waals surface area contributed by atoms with Gasteiger partial charge in [0.05, 0.1) is 0 Å². The molecule has 2 atom stereocenters. The largest absolute Gasteiger partial charge is 0.460 e. The van der Waals surface area contributed by atoms with Gasteiger partial charge in [0.1, 0.15) is 11.5 Å². The first-order valence-electron chi connectivity index (χ1n) is 12.6. The molecule has 0 spiro atoms. The highest BCUT2D eigenvalue weighted by atomic mass is 31.2. The van der Waals surface area contributed by atoms with Crippen molar-refractivity contribution < 1.29 is 13.9 Å². The number of hydrogen-bond acceptors (Lipinski definition) is 3. The van der Waals surface area contributed by atoms with Gasteiger partial charge in [0.25, 0.3) is 0 Å². The summed E-state index contributed by atoms with van der Waals surface area (Å²) < 4.78 is 12.1. The van der Waals surface area contributed by atoms with Gasteiger partial charge in [-0.15, -0.1) is 9.24 Å². The third-order valence-electron chi connectivity index (χ3n) is 6.29. The fraction of sp³-hybridized carbons (Fsp3) is 0.0909. The van der Waals surface area contributed by atoms with E-state index in [1.165, 1.54) is 22.3 Å². The predicted octanol–water partition coefficient (Wildman–Crippen LogP) is 7.64. The van der Waals surface area contributed by atoms with Crippen LogP contribution in [0.25, 0.3) is 0 Å².